The third-order valence-corrected chi connectivity index (χ3v) is 7.25. The molecular weight excluding hydrogens is 439 g/mol. The van der Waals surface area contributed by atoms with Gasteiger partial charge >= 0.3 is 5.97 Å². The highest BCUT2D eigenvalue weighted by molar-refractivity contribution is 7.99. The number of carbonyl (C=O) groups excluding carboxylic acids is 1. The van der Waals surface area contributed by atoms with Crippen molar-refractivity contribution >= 4 is 46.5 Å². The van der Waals surface area contributed by atoms with E-state index >= 15 is 0 Å². The van der Waals surface area contributed by atoms with Crippen LogP contribution < -0.4 is 0 Å². The van der Waals surface area contributed by atoms with E-state index in [1.807, 2.05) is 18.2 Å². The van der Waals surface area contributed by atoms with Crippen molar-refractivity contribution in [2.24, 2.45) is 0 Å². The minimum Gasteiger partial charge on any atom is -0.461 e. The Hall–Kier alpha value is -2.08. The van der Waals surface area contributed by atoms with E-state index in [4.69, 9.17) is 27.9 Å². The van der Waals surface area contributed by atoms with Crippen molar-refractivity contribution in [3.63, 3.8) is 0 Å². The second-order valence-corrected chi connectivity index (χ2v) is 8.64. The zero-order valence-corrected chi connectivity index (χ0v) is 18.9. The molecule has 1 heterocycles. The van der Waals surface area contributed by atoms with Gasteiger partial charge in [0.25, 0.3) is 0 Å². The lowest BCUT2D eigenvalue weighted by atomic mass is 9.71. The topological polar surface area (TPSA) is 52.1 Å². The van der Waals surface area contributed by atoms with Crippen molar-refractivity contribution in [1.82, 2.24) is 9.97 Å². The number of nitrogens with zero attached hydrogens (tertiary/aromatic N) is 2. The van der Waals surface area contributed by atoms with E-state index in [-0.39, 0.29) is 10.9 Å². The molecule has 7 heteroatoms. The molecule has 2 aliphatic carbocycles. The Morgan fingerprint density at radius 3 is 2.50 bits per heavy atom. The molecule has 1 aromatic heterocycles. The summed E-state index contributed by atoms with van der Waals surface area (Å²) in [5, 5.41) is 1.31. The van der Waals surface area contributed by atoms with E-state index in [2.05, 4.69) is 29.0 Å². The number of benzene rings is 1. The van der Waals surface area contributed by atoms with Crippen molar-refractivity contribution in [1.29, 1.82) is 0 Å². The molecule has 1 aromatic carbocycles. The second kappa shape index (κ2) is 8.96. The lowest BCUT2D eigenvalue weighted by Gasteiger charge is -2.42. The molecule has 2 aromatic rings. The molecule has 2 bridgehead atoms. The number of hydrogen-bond donors (Lipinski definition) is 0. The van der Waals surface area contributed by atoms with Crippen LogP contribution in [0.1, 0.15) is 42.0 Å². The van der Waals surface area contributed by atoms with Crippen LogP contribution in [0.3, 0.4) is 0 Å². The molecule has 0 spiro atoms. The van der Waals surface area contributed by atoms with Gasteiger partial charge in [-0.1, -0.05) is 60.5 Å². The number of ether oxygens (including phenoxy) is 1. The van der Waals surface area contributed by atoms with Gasteiger partial charge in [-0.05, 0) is 35.6 Å². The number of hydrogen-bond acceptors (Lipinski definition) is 5. The average molecular weight is 459 g/mol. The first-order chi connectivity index (χ1) is 14.6. The molecule has 0 N–H and O–H groups in total. The normalized spacial score (nSPS) is 17.9. The van der Waals surface area contributed by atoms with Gasteiger partial charge in [-0.15, -0.1) is 11.8 Å². The molecule has 4 rings (SSSR count). The maximum Gasteiger partial charge on any atom is 0.358 e. The first-order valence-corrected chi connectivity index (χ1v) is 11.6. The molecule has 0 amide bonds. The van der Waals surface area contributed by atoms with Crippen LogP contribution in [0.5, 0.6) is 0 Å². The number of allylic oxidation sites excluding steroid dienone is 4. The smallest absolute Gasteiger partial charge is 0.358 e. The predicted molar refractivity (Wildman–Crippen MR) is 122 cm³/mol. The van der Waals surface area contributed by atoms with E-state index in [0.717, 1.165) is 23.1 Å². The van der Waals surface area contributed by atoms with Crippen molar-refractivity contribution in [3.05, 3.63) is 86.5 Å². The van der Waals surface area contributed by atoms with E-state index < -0.39 is 5.97 Å². The monoisotopic (exact) mass is 458 g/mol. The highest BCUT2D eigenvalue weighted by atomic mass is 35.5. The fourth-order valence-electron chi connectivity index (χ4n) is 3.84. The summed E-state index contributed by atoms with van der Waals surface area (Å²) in [6.07, 6.45) is 3.98. The van der Waals surface area contributed by atoms with E-state index in [0.29, 0.717) is 28.1 Å². The molecule has 2 aliphatic rings. The van der Waals surface area contributed by atoms with Crippen LogP contribution in [0.25, 0.3) is 5.57 Å². The number of thioether (sulfide) groups is 1. The SMILES string of the molecule is CCOC(=O)c1nccnc1CSC1C2=C(Cl)C(Cl)=C(c3ccccc3)C1=C2CC. The molecule has 0 fully saturated rings. The Morgan fingerprint density at radius 2 is 1.80 bits per heavy atom. The predicted octanol–water partition coefficient (Wildman–Crippen LogP) is 6.13. The molecule has 30 heavy (non-hydrogen) atoms. The third kappa shape index (κ3) is 3.59. The molecular formula is C23H20Cl2N2O2S. The zero-order valence-electron chi connectivity index (χ0n) is 16.6. The molecule has 1 unspecified atom stereocenters. The molecule has 1 atom stereocenters. The van der Waals surface area contributed by atoms with Gasteiger partial charge in [0.05, 0.1) is 27.6 Å². The highest BCUT2D eigenvalue weighted by Gasteiger charge is 2.44. The maximum absolute atomic E-state index is 12.2. The summed E-state index contributed by atoms with van der Waals surface area (Å²) in [7, 11) is 0. The number of esters is 1. The molecule has 0 saturated carbocycles. The minimum absolute atomic E-state index is 0.0854. The summed E-state index contributed by atoms with van der Waals surface area (Å²) in [4.78, 5) is 20.8. The number of fused-ring (bicyclic) bond motifs is 2. The Labute approximate surface area is 190 Å². The van der Waals surface area contributed by atoms with Crippen LogP contribution in [-0.2, 0) is 10.5 Å². The van der Waals surface area contributed by atoms with Crippen molar-refractivity contribution in [2.75, 3.05) is 6.61 Å². The summed E-state index contributed by atoms with van der Waals surface area (Å²) in [6.45, 7) is 4.19. The fourth-order valence-corrected chi connectivity index (χ4v) is 5.93. The Morgan fingerprint density at radius 1 is 1.07 bits per heavy atom. The van der Waals surface area contributed by atoms with Gasteiger partial charge in [0.2, 0.25) is 0 Å². The Bertz CT molecular complexity index is 1090. The molecule has 0 radical (unpaired) electrons. The number of rotatable bonds is 7. The van der Waals surface area contributed by atoms with Crippen LogP contribution in [0.2, 0.25) is 0 Å². The van der Waals surface area contributed by atoms with Crippen LogP contribution >= 0.6 is 35.0 Å². The minimum atomic E-state index is -0.450. The van der Waals surface area contributed by atoms with Gasteiger partial charge < -0.3 is 4.74 Å². The van der Waals surface area contributed by atoms with Crippen molar-refractivity contribution < 1.29 is 9.53 Å². The average Bonchev–Trinajstić information content (AvgIpc) is 2.76. The fraction of sp³-hybridized carbons (Fsp3) is 0.261. The summed E-state index contributed by atoms with van der Waals surface area (Å²) in [5.41, 5.74) is 6.49. The van der Waals surface area contributed by atoms with Crippen LogP contribution in [-0.4, -0.2) is 27.8 Å². The van der Waals surface area contributed by atoms with Crippen LogP contribution in [0, 0.1) is 0 Å². The Kier molecular flexibility index (Phi) is 6.32. The second-order valence-electron chi connectivity index (χ2n) is 6.79. The summed E-state index contributed by atoms with van der Waals surface area (Å²) >= 11 is 15.1. The largest absolute Gasteiger partial charge is 0.461 e. The van der Waals surface area contributed by atoms with Gasteiger partial charge in [0, 0.05) is 23.7 Å². The summed E-state index contributed by atoms with van der Waals surface area (Å²) in [5.74, 6) is 0.0640. The van der Waals surface area contributed by atoms with E-state index in [9.17, 15) is 4.79 Å². The summed E-state index contributed by atoms with van der Waals surface area (Å²) in [6, 6.07) is 10.1. The first-order valence-electron chi connectivity index (χ1n) is 9.76. The lowest BCUT2D eigenvalue weighted by Crippen LogP contribution is -2.31. The van der Waals surface area contributed by atoms with Gasteiger partial charge in [-0.3, -0.25) is 4.98 Å². The van der Waals surface area contributed by atoms with E-state index in [1.54, 1.807) is 24.9 Å². The third-order valence-electron chi connectivity index (χ3n) is 5.14. The highest BCUT2D eigenvalue weighted by Crippen LogP contribution is 2.58. The number of halogens is 2. The molecule has 4 nitrogen and oxygen atoms in total. The molecule has 0 saturated heterocycles. The van der Waals surface area contributed by atoms with Gasteiger partial charge in [-0.25, -0.2) is 9.78 Å². The van der Waals surface area contributed by atoms with Crippen molar-refractivity contribution in [2.45, 2.75) is 31.3 Å². The zero-order chi connectivity index (χ0) is 21.3. The molecule has 154 valence electrons. The molecule has 0 aliphatic heterocycles. The van der Waals surface area contributed by atoms with E-state index in [1.165, 1.54) is 17.3 Å². The Balaban J connectivity index is 1.64. The first kappa shape index (κ1) is 21.2. The maximum atomic E-state index is 12.2. The lowest BCUT2D eigenvalue weighted by molar-refractivity contribution is 0.0517. The summed E-state index contributed by atoms with van der Waals surface area (Å²) < 4.78 is 5.12. The number of carbonyl (C=O) groups is 1. The van der Waals surface area contributed by atoms with Crippen molar-refractivity contribution in [3.8, 4) is 0 Å². The van der Waals surface area contributed by atoms with Crippen LogP contribution in [0.4, 0.5) is 0 Å². The number of aromatic nitrogens is 2. The quantitative estimate of drug-likeness (QED) is 0.466. The standard InChI is InChI=1S/C23H20Cl2N2O2S/c1-3-14-17-16(13-8-6-5-7-9-13)19(24)20(25)18(14)22(17)30-12-15-21(23(28)29-4-2)27-11-10-26-15/h5-11,22H,3-4,12H2,1-2H3. The van der Waals surface area contributed by atoms with Gasteiger partial charge in [0.15, 0.2) is 5.69 Å². The van der Waals surface area contributed by atoms with Gasteiger partial charge in [-0.2, -0.15) is 0 Å². The van der Waals surface area contributed by atoms with Crippen LogP contribution in [0.15, 0.2) is 69.5 Å². The van der Waals surface area contributed by atoms with Gasteiger partial charge in [0.1, 0.15) is 0 Å².